The highest BCUT2D eigenvalue weighted by molar-refractivity contribution is 5.63. The SMILES string of the molecule is CC(=O)O.CC(=O)O.CCc1ccc(-c2nccn2CC2CC3(CCNCC3)CO2)nc1. The van der Waals surface area contributed by atoms with Gasteiger partial charge in [-0.1, -0.05) is 13.0 Å². The number of pyridine rings is 1. The lowest BCUT2D eigenvalue weighted by atomic mass is 9.77. The maximum atomic E-state index is 9.00. The molecule has 0 amide bonds. The topological polar surface area (TPSA) is 127 Å². The van der Waals surface area contributed by atoms with Crippen LogP contribution in [0, 0.1) is 5.41 Å². The van der Waals surface area contributed by atoms with Gasteiger partial charge in [-0.15, -0.1) is 0 Å². The predicted molar refractivity (Wildman–Crippen MR) is 120 cm³/mol. The summed E-state index contributed by atoms with van der Waals surface area (Å²) in [6, 6.07) is 4.21. The van der Waals surface area contributed by atoms with Crippen LogP contribution in [0.25, 0.3) is 11.5 Å². The van der Waals surface area contributed by atoms with Gasteiger partial charge in [-0.05, 0) is 55.8 Å². The molecule has 4 heterocycles. The van der Waals surface area contributed by atoms with Crippen molar-refractivity contribution in [1.82, 2.24) is 19.9 Å². The van der Waals surface area contributed by atoms with Crippen molar-refractivity contribution in [2.24, 2.45) is 5.41 Å². The molecule has 9 nitrogen and oxygen atoms in total. The summed E-state index contributed by atoms with van der Waals surface area (Å²) < 4.78 is 8.34. The smallest absolute Gasteiger partial charge is 0.300 e. The van der Waals surface area contributed by atoms with Gasteiger partial charge in [0.1, 0.15) is 5.69 Å². The van der Waals surface area contributed by atoms with Crippen molar-refractivity contribution >= 4 is 11.9 Å². The lowest BCUT2D eigenvalue weighted by molar-refractivity contribution is -0.135. The number of ether oxygens (including phenoxy) is 1. The van der Waals surface area contributed by atoms with Crippen molar-refractivity contribution in [3.63, 3.8) is 0 Å². The third kappa shape index (κ3) is 8.05. The highest BCUT2D eigenvalue weighted by atomic mass is 16.5. The van der Waals surface area contributed by atoms with E-state index in [-0.39, 0.29) is 6.10 Å². The van der Waals surface area contributed by atoms with Crippen molar-refractivity contribution in [1.29, 1.82) is 0 Å². The highest BCUT2D eigenvalue weighted by Gasteiger charge is 2.40. The van der Waals surface area contributed by atoms with Crippen LogP contribution < -0.4 is 5.32 Å². The molecule has 176 valence electrons. The van der Waals surface area contributed by atoms with Crippen LogP contribution in [-0.2, 0) is 27.3 Å². The Morgan fingerprint density at radius 2 is 1.84 bits per heavy atom. The summed E-state index contributed by atoms with van der Waals surface area (Å²) in [5.41, 5.74) is 2.59. The molecule has 2 fully saturated rings. The second-order valence-corrected chi connectivity index (χ2v) is 8.23. The summed E-state index contributed by atoms with van der Waals surface area (Å²) in [7, 11) is 0. The molecule has 9 heteroatoms. The molecule has 4 rings (SSSR count). The summed E-state index contributed by atoms with van der Waals surface area (Å²) >= 11 is 0. The zero-order chi connectivity index (χ0) is 23.6. The van der Waals surface area contributed by atoms with Gasteiger partial charge in [-0.3, -0.25) is 14.6 Å². The quantitative estimate of drug-likeness (QED) is 0.654. The van der Waals surface area contributed by atoms with Gasteiger partial charge in [0.05, 0.1) is 19.3 Å². The fraction of sp³-hybridized carbons (Fsp3) is 0.565. The second-order valence-electron chi connectivity index (χ2n) is 8.23. The van der Waals surface area contributed by atoms with Crippen molar-refractivity contribution in [3.8, 4) is 11.5 Å². The maximum Gasteiger partial charge on any atom is 0.300 e. The van der Waals surface area contributed by atoms with Crippen LogP contribution in [0.4, 0.5) is 0 Å². The van der Waals surface area contributed by atoms with Crippen molar-refractivity contribution in [3.05, 3.63) is 36.3 Å². The Bertz CT molecular complexity index is 840. The fourth-order valence-corrected chi connectivity index (χ4v) is 3.99. The fourth-order valence-electron chi connectivity index (χ4n) is 3.99. The number of nitrogens with zero attached hydrogens (tertiary/aromatic N) is 3. The summed E-state index contributed by atoms with van der Waals surface area (Å²) in [6.45, 7) is 8.33. The third-order valence-electron chi connectivity index (χ3n) is 5.53. The Morgan fingerprint density at radius 1 is 1.19 bits per heavy atom. The molecule has 2 aromatic rings. The van der Waals surface area contributed by atoms with Crippen molar-refractivity contribution in [2.75, 3.05) is 19.7 Å². The minimum absolute atomic E-state index is 0.283. The number of nitrogens with one attached hydrogen (secondary N) is 1. The van der Waals surface area contributed by atoms with Gasteiger partial charge >= 0.3 is 0 Å². The van der Waals surface area contributed by atoms with E-state index in [9.17, 15) is 0 Å². The molecule has 2 aromatic heterocycles. The van der Waals surface area contributed by atoms with E-state index in [1.807, 2.05) is 18.6 Å². The molecule has 2 aliphatic rings. The number of aliphatic carboxylic acids is 2. The predicted octanol–water partition coefficient (Wildman–Crippen LogP) is 2.85. The van der Waals surface area contributed by atoms with Gasteiger partial charge in [0.15, 0.2) is 5.82 Å². The first-order chi connectivity index (χ1) is 15.2. The normalized spacial score (nSPS) is 18.8. The molecule has 1 spiro atoms. The van der Waals surface area contributed by atoms with E-state index >= 15 is 0 Å². The van der Waals surface area contributed by atoms with Crippen LogP contribution >= 0.6 is 0 Å². The third-order valence-corrected chi connectivity index (χ3v) is 5.53. The monoisotopic (exact) mass is 446 g/mol. The zero-order valence-corrected chi connectivity index (χ0v) is 19.1. The first-order valence-electron chi connectivity index (χ1n) is 10.9. The molecule has 0 aromatic carbocycles. The molecule has 3 N–H and O–H groups in total. The lowest BCUT2D eigenvalue weighted by Crippen LogP contribution is -2.37. The summed E-state index contributed by atoms with van der Waals surface area (Å²) in [4.78, 5) is 27.1. The minimum atomic E-state index is -0.833. The Kier molecular flexibility index (Phi) is 9.80. The van der Waals surface area contributed by atoms with Gasteiger partial charge in [-0.25, -0.2) is 4.98 Å². The first-order valence-corrected chi connectivity index (χ1v) is 10.9. The van der Waals surface area contributed by atoms with Gasteiger partial charge < -0.3 is 24.8 Å². The first kappa shape index (κ1) is 25.5. The summed E-state index contributed by atoms with van der Waals surface area (Å²) in [6.07, 6.45) is 10.8. The van der Waals surface area contributed by atoms with Crippen molar-refractivity contribution in [2.45, 2.75) is 59.1 Å². The van der Waals surface area contributed by atoms with Crippen LogP contribution in [0.3, 0.4) is 0 Å². The molecule has 0 aliphatic carbocycles. The number of rotatable bonds is 4. The van der Waals surface area contributed by atoms with E-state index in [0.29, 0.717) is 5.41 Å². The molecule has 0 bridgehead atoms. The highest BCUT2D eigenvalue weighted by Crippen LogP contribution is 2.40. The summed E-state index contributed by atoms with van der Waals surface area (Å²) in [5.74, 6) is -0.729. The molecule has 0 saturated carbocycles. The van der Waals surface area contributed by atoms with Crippen LogP contribution in [0.5, 0.6) is 0 Å². The largest absolute Gasteiger partial charge is 0.481 e. The number of carbonyl (C=O) groups is 2. The van der Waals surface area contributed by atoms with E-state index in [1.54, 1.807) is 0 Å². The number of carboxylic acids is 2. The standard InChI is InChI=1S/C19H26N4O.2C2H4O2/c1-2-15-3-4-17(22-12-15)18-21-9-10-23(18)13-16-11-19(14-24-16)5-7-20-8-6-19;2*1-2(3)4/h3-4,9-10,12,16,20H,2,5-8,11,13-14H2,1H3;2*1H3,(H,3,4). The number of aryl methyl sites for hydroxylation is 1. The van der Waals surface area contributed by atoms with Gasteiger partial charge in [0.2, 0.25) is 0 Å². The Morgan fingerprint density at radius 3 is 2.41 bits per heavy atom. The number of hydrogen-bond donors (Lipinski definition) is 3. The van der Waals surface area contributed by atoms with E-state index in [2.05, 4.69) is 38.9 Å². The van der Waals surface area contributed by atoms with E-state index < -0.39 is 11.9 Å². The van der Waals surface area contributed by atoms with Crippen LogP contribution in [0.2, 0.25) is 0 Å². The van der Waals surface area contributed by atoms with E-state index in [0.717, 1.165) is 64.4 Å². The number of carboxylic acid groups (broad SMARTS) is 2. The number of hydrogen-bond acceptors (Lipinski definition) is 6. The Labute approximate surface area is 188 Å². The molecule has 1 atom stereocenters. The Hall–Kier alpha value is -2.78. The number of piperidine rings is 1. The van der Waals surface area contributed by atoms with E-state index in [4.69, 9.17) is 24.5 Å². The number of imidazole rings is 1. The molecule has 2 saturated heterocycles. The Balaban J connectivity index is 0.000000395. The molecular formula is C23H34N4O5. The van der Waals surface area contributed by atoms with Crippen LogP contribution in [-0.4, -0.2) is 62.5 Å². The zero-order valence-electron chi connectivity index (χ0n) is 19.1. The summed E-state index contributed by atoms with van der Waals surface area (Å²) in [5, 5.41) is 18.3. The van der Waals surface area contributed by atoms with Crippen LogP contribution in [0.15, 0.2) is 30.7 Å². The molecule has 32 heavy (non-hydrogen) atoms. The average Bonchev–Trinajstić information content (AvgIpc) is 3.35. The van der Waals surface area contributed by atoms with Crippen LogP contribution in [0.1, 0.15) is 45.6 Å². The second kappa shape index (κ2) is 12.3. The van der Waals surface area contributed by atoms with Crippen molar-refractivity contribution < 1.29 is 24.5 Å². The average molecular weight is 447 g/mol. The molecule has 2 aliphatic heterocycles. The van der Waals surface area contributed by atoms with Gasteiger partial charge in [-0.2, -0.15) is 0 Å². The molecule has 1 unspecified atom stereocenters. The van der Waals surface area contributed by atoms with Gasteiger partial charge in [0, 0.05) is 32.4 Å². The minimum Gasteiger partial charge on any atom is -0.481 e. The van der Waals surface area contributed by atoms with E-state index in [1.165, 1.54) is 18.4 Å². The molecular weight excluding hydrogens is 412 g/mol. The lowest BCUT2D eigenvalue weighted by Gasteiger charge is -2.32. The maximum absolute atomic E-state index is 9.00. The number of aromatic nitrogens is 3. The van der Waals surface area contributed by atoms with Gasteiger partial charge in [0.25, 0.3) is 11.9 Å². The molecule has 0 radical (unpaired) electrons.